The summed E-state index contributed by atoms with van der Waals surface area (Å²) in [6, 6.07) is 0.563. The van der Waals surface area contributed by atoms with Crippen molar-refractivity contribution >= 4 is 0 Å². The van der Waals surface area contributed by atoms with Crippen LogP contribution in [0.2, 0.25) is 0 Å². The first-order chi connectivity index (χ1) is 6.29. The molecule has 0 bridgehead atoms. The third-order valence-electron chi connectivity index (χ3n) is 2.31. The van der Waals surface area contributed by atoms with E-state index in [0.717, 1.165) is 25.9 Å². The average molecular weight is 183 g/mol. The largest absolute Gasteiger partial charge is 0.395 e. The molecule has 0 saturated carbocycles. The molecule has 0 aliphatic carbocycles. The van der Waals surface area contributed by atoms with Crippen molar-refractivity contribution in [2.24, 2.45) is 0 Å². The van der Waals surface area contributed by atoms with E-state index in [2.05, 4.69) is 30.6 Å². The van der Waals surface area contributed by atoms with Crippen LogP contribution in [-0.2, 0) is 0 Å². The van der Waals surface area contributed by atoms with Crippen LogP contribution in [-0.4, -0.2) is 35.7 Å². The van der Waals surface area contributed by atoms with Crippen LogP contribution in [0.3, 0.4) is 0 Å². The number of aliphatic hydroxyl groups is 1. The van der Waals surface area contributed by atoms with Gasteiger partial charge in [-0.2, -0.15) is 0 Å². The summed E-state index contributed by atoms with van der Waals surface area (Å²) in [5.41, 5.74) is 0. The molecule has 0 radical (unpaired) electrons. The third kappa shape index (κ3) is 4.92. The lowest BCUT2D eigenvalue weighted by Crippen LogP contribution is -2.36. The molecule has 2 nitrogen and oxygen atoms in total. The van der Waals surface area contributed by atoms with E-state index in [1.165, 1.54) is 0 Å². The van der Waals surface area contributed by atoms with Gasteiger partial charge in [-0.25, -0.2) is 0 Å². The Balaban J connectivity index is 4.08. The molecule has 0 aliphatic rings. The maximum atomic E-state index is 8.89. The van der Waals surface area contributed by atoms with Crippen LogP contribution in [0.1, 0.15) is 33.6 Å². The zero-order chi connectivity index (χ0) is 10.1. The highest BCUT2D eigenvalue weighted by Gasteiger charge is 2.12. The van der Waals surface area contributed by atoms with E-state index in [1.54, 1.807) is 0 Å². The molecule has 2 heteroatoms. The minimum Gasteiger partial charge on any atom is -0.395 e. The first kappa shape index (κ1) is 12.5. The molecule has 0 amide bonds. The zero-order valence-corrected chi connectivity index (χ0v) is 9.01. The Hall–Kier alpha value is -0.520. The van der Waals surface area contributed by atoms with Crippen LogP contribution >= 0.6 is 0 Å². The Bertz CT molecular complexity index is 165. The minimum atomic E-state index is 0.224. The van der Waals surface area contributed by atoms with Crippen LogP contribution in [0.5, 0.6) is 0 Å². The van der Waals surface area contributed by atoms with Crippen molar-refractivity contribution in [2.75, 3.05) is 19.7 Å². The molecular formula is C11H21NO. The molecule has 0 aromatic heterocycles. The molecule has 0 atom stereocenters. The van der Waals surface area contributed by atoms with E-state index in [1.807, 2.05) is 6.92 Å². The topological polar surface area (TPSA) is 23.5 Å². The van der Waals surface area contributed by atoms with Crippen molar-refractivity contribution < 1.29 is 5.11 Å². The van der Waals surface area contributed by atoms with Gasteiger partial charge in [-0.1, -0.05) is 19.8 Å². The Morgan fingerprint density at radius 1 is 1.31 bits per heavy atom. The summed E-state index contributed by atoms with van der Waals surface area (Å²) in [6.07, 6.45) is 2.25. The maximum absolute atomic E-state index is 8.89. The number of nitrogens with zero attached hydrogens (tertiary/aromatic N) is 1. The van der Waals surface area contributed by atoms with Gasteiger partial charge < -0.3 is 5.11 Å². The van der Waals surface area contributed by atoms with Crippen LogP contribution in [0.15, 0.2) is 0 Å². The SMILES string of the molecule is CC#CCN(CCO)C(CC)CC. The van der Waals surface area contributed by atoms with E-state index >= 15 is 0 Å². The Morgan fingerprint density at radius 3 is 2.31 bits per heavy atom. The Kier molecular flexibility index (Phi) is 7.77. The zero-order valence-electron chi connectivity index (χ0n) is 9.01. The number of hydrogen-bond acceptors (Lipinski definition) is 2. The van der Waals surface area contributed by atoms with Crippen molar-refractivity contribution in [3.05, 3.63) is 0 Å². The molecule has 76 valence electrons. The molecule has 0 saturated heterocycles. The van der Waals surface area contributed by atoms with Gasteiger partial charge in [0.15, 0.2) is 0 Å². The molecule has 1 N–H and O–H groups in total. The third-order valence-corrected chi connectivity index (χ3v) is 2.31. The van der Waals surface area contributed by atoms with Gasteiger partial charge in [0.2, 0.25) is 0 Å². The molecule has 0 rings (SSSR count). The monoisotopic (exact) mass is 183 g/mol. The quantitative estimate of drug-likeness (QED) is 0.631. The minimum absolute atomic E-state index is 0.224. The van der Waals surface area contributed by atoms with Gasteiger partial charge in [0.1, 0.15) is 0 Å². The fourth-order valence-electron chi connectivity index (χ4n) is 1.50. The molecule has 0 aromatic carbocycles. The highest BCUT2D eigenvalue weighted by Crippen LogP contribution is 2.06. The van der Waals surface area contributed by atoms with Gasteiger partial charge in [0.05, 0.1) is 13.2 Å². The van der Waals surface area contributed by atoms with Crippen molar-refractivity contribution in [1.82, 2.24) is 4.90 Å². The summed E-state index contributed by atoms with van der Waals surface area (Å²) >= 11 is 0. The van der Waals surface area contributed by atoms with Crippen LogP contribution < -0.4 is 0 Å². The van der Waals surface area contributed by atoms with Crippen LogP contribution in [0.4, 0.5) is 0 Å². The molecule has 0 fully saturated rings. The average Bonchev–Trinajstić information content (AvgIpc) is 2.16. The second-order valence-electron chi connectivity index (χ2n) is 3.09. The lowest BCUT2D eigenvalue weighted by molar-refractivity contribution is 0.159. The van der Waals surface area contributed by atoms with E-state index in [4.69, 9.17) is 5.11 Å². The summed E-state index contributed by atoms with van der Waals surface area (Å²) in [5, 5.41) is 8.89. The highest BCUT2D eigenvalue weighted by atomic mass is 16.3. The lowest BCUT2D eigenvalue weighted by atomic mass is 10.1. The highest BCUT2D eigenvalue weighted by molar-refractivity contribution is 4.98. The number of rotatable bonds is 6. The molecule has 0 heterocycles. The van der Waals surface area contributed by atoms with E-state index in [9.17, 15) is 0 Å². The first-order valence-corrected chi connectivity index (χ1v) is 5.04. The molecule has 0 aromatic rings. The van der Waals surface area contributed by atoms with Crippen molar-refractivity contribution in [3.63, 3.8) is 0 Å². The van der Waals surface area contributed by atoms with E-state index < -0.39 is 0 Å². The van der Waals surface area contributed by atoms with Gasteiger partial charge in [-0.05, 0) is 19.8 Å². The Morgan fingerprint density at radius 2 is 1.92 bits per heavy atom. The first-order valence-electron chi connectivity index (χ1n) is 5.04. The molecule has 0 aliphatic heterocycles. The van der Waals surface area contributed by atoms with Crippen molar-refractivity contribution in [1.29, 1.82) is 0 Å². The van der Waals surface area contributed by atoms with Crippen molar-refractivity contribution in [3.8, 4) is 11.8 Å². The molecule has 13 heavy (non-hydrogen) atoms. The maximum Gasteiger partial charge on any atom is 0.0604 e. The number of aliphatic hydroxyl groups excluding tert-OH is 1. The van der Waals surface area contributed by atoms with Gasteiger partial charge in [-0.3, -0.25) is 4.90 Å². The predicted octanol–water partition coefficient (Wildman–Crippen LogP) is 1.49. The lowest BCUT2D eigenvalue weighted by Gasteiger charge is -2.27. The van der Waals surface area contributed by atoms with Gasteiger partial charge >= 0.3 is 0 Å². The van der Waals surface area contributed by atoms with Gasteiger partial charge in [-0.15, -0.1) is 5.92 Å². The predicted molar refractivity (Wildman–Crippen MR) is 56.5 cm³/mol. The molecule has 0 spiro atoms. The molecule has 0 unspecified atom stereocenters. The van der Waals surface area contributed by atoms with Crippen LogP contribution in [0, 0.1) is 11.8 Å². The van der Waals surface area contributed by atoms with E-state index in [-0.39, 0.29) is 6.61 Å². The normalized spacial score (nSPS) is 10.3. The van der Waals surface area contributed by atoms with E-state index in [0.29, 0.717) is 6.04 Å². The van der Waals surface area contributed by atoms with Gasteiger partial charge in [0, 0.05) is 12.6 Å². The second-order valence-corrected chi connectivity index (χ2v) is 3.09. The summed E-state index contributed by atoms with van der Waals surface area (Å²) in [4.78, 5) is 2.25. The van der Waals surface area contributed by atoms with Gasteiger partial charge in [0.25, 0.3) is 0 Å². The van der Waals surface area contributed by atoms with Crippen LogP contribution in [0.25, 0.3) is 0 Å². The standard InChI is InChI=1S/C11H21NO/c1-4-7-8-12(9-10-13)11(5-2)6-3/h11,13H,5-6,8-10H2,1-3H3. The summed E-state index contributed by atoms with van der Waals surface area (Å²) < 4.78 is 0. The fourth-order valence-corrected chi connectivity index (χ4v) is 1.50. The summed E-state index contributed by atoms with van der Waals surface area (Å²) in [6.45, 7) is 7.95. The fraction of sp³-hybridized carbons (Fsp3) is 0.818. The summed E-state index contributed by atoms with van der Waals surface area (Å²) in [7, 11) is 0. The molecular weight excluding hydrogens is 162 g/mol. The van der Waals surface area contributed by atoms with Crippen molar-refractivity contribution in [2.45, 2.75) is 39.7 Å². The Labute approximate surface area is 81.9 Å². The second kappa shape index (κ2) is 8.10. The smallest absolute Gasteiger partial charge is 0.0604 e. The summed E-state index contributed by atoms with van der Waals surface area (Å²) in [5.74, 6) is 5.93. The number of hydrogen-bond donors (Lipinski definition) is 1.